The second kappa shape index (κ2) is 9.26. The van der Waals surface area contributed by atoms with Crippen LogP contribution in [-0.4, -0.2) is 56.6 Å². The molecule has 1 saturated heterocycles. The lowest BCUT2D eigenvalue weighted by molar-refractivity contribution is -0.123. The zero-order valence-corrected chi connectivity index (χ0v) is 18.5. The summed E-state index contributed by atoms with van der Waals surface area (Å²) in [5.41, 5.74) is 1.67. The molecule has 3 heterocycles. The van der Waals surface area contributed by atoms with E-state index in [1.807, 2.05) is 12.1 Å². The van der Waals surface area contributed by atoms with Crippen LogP contribution in [0.5, 0.6) is 0 Å². The SMILES string of the molecule is O=C1CN(C(=O)c2cccc(NC(=O)c3cnn(-c4ccc(F)cc4)c3-n3cccc3)c2)CCN1. The molecule has 0 aliphatic carbocycles. The van der Waals surface area contributed by atoms with Crippen LogP contribution in [0.2, 0.25) is 0 Å². The fraction of sp³-hybridized carbons (Fsp3) is 0.120. The summed E-state index contributed by atoms with van der Waals surface area (Å²) >= 11 is 0. The molecule has 1 aliphatic rings. The van der Waals surface area contributed by atoms with Crippen molar-refractivity contribution in [2.45, 2.75) is 0 Å². The molecule has 5 rings (SSSR count). The van der Waals surface area contributed by atoms with Gasteiger partial charge in [0.2, 0.25) is 5.91 Å². The number of aromatic nitrogens is 3. The molecule has 2 aromatic carbocycles. The van der Waals surface area contributed by atoms with Gasteiger partial charge in [0.05, 0.1) is 18.4 Å². The lowest BCUT2D eigenvalue weighted by Gasteiger charge is -2.26. The molecule has 9 nitrogen and oxygen atoms in total. The maximum atomic E-state index is 13.4. The molecule has 0 atom stereocenters. The lowest BCUT2D eigenvalue weighted by atomic mass is 10.1. The molecule has 0 radical (unpaired) electrons. The van der Waals surface area contributed by atoms with Gasteiger partial charge in [-0.15, -0.1) is 0 Å². The molecule has 0 unspecified atom stereocenters. The van der Waals surface area contributed by atoms with Crippen LogP contribution in [-0.2, 0) is 4.79 Å². The minimum Gasteiger partial charge on any atom is -0.353 e. The van der Waals surface area contributed by atoms with Gasteiger partial charge in [-0.05, 0) is 54.6 Å². The molecular formula is C25H21FN6O3. The smallest absolute Gasteiger partial charge is 0.261 e. The van der Waals surface area contributed by atoms with Crippen molar-refractivity contribution >= 4 is 23.4 Å². The van der Waals surface area contributed by atoms with E-state index in [9.17, 15) is 18.8 Å². The first-order valence-corrected chi connectivity index (χ1v) is 10.9. The number of rotatable bonds is 5. The van der Waals surface area contributed by atoms with Crippen LogP contribution in [0.25, 0.3) is 11.5 Å². The Hall–Kier alpha value is -4.73. The van der Waals surface area contributed by atoms with E-state index < -0.39 is 5.91 Å². The Morgan fingerprint density at radius 3 is 2.54 bits per heavy atom. The van der Waals surface area contributed by atoms with Crippen molar-refractivity contribution in [2.75, 3.05) is 25.0 Å². The Morgan fingerprint density at radius 1 is 1.03 bits per heavy atom. The average Bonchev–Trinajstić information content (AvgIpc) is 3.54. The molecule has 3 amide bonds. The molecular weight excluding hydrogens is 451 g/mol. The highest BCUT2D eigenvalue weighted by Gasteiger charge is 2.23. The highest BCUT2D eigenvalue weighted by atomic mass is 19.1. The number of anilines is 1. The summed E-state index contributed by atoms with van der Waals surface area (Å²) in [5, 5.41) is 9.88. The number of amides is 3. The number of hydrogen-bond donors (Lipinski definition) is 2. The van der Waals surface area contributed by atoms with E-state index in [4.69, 9.17) is 0 Å². The fourth-order valence-electron chi connectivity index (χ4n) is 3.92. The van der Waals surface area contributed by atoms with Crippen LogP contribution in [0.1, 0.15) is 20.7 Å². The first-order valence-electron chi connectivity index (χ1n) is 10.9. The number of carbonyl (C=O) groups excluding carboxylic acids is 3. The number of piperazine rings is 1. The quantitative estimate of drug-likeness (QED) is 0.466. The number of benzene rings is 2. The van der Waals surface area contributed by atoms with Gasteiger partial charge >= 0.3 is 0 Å². The second-order valence-corrected chi connectivity index (χ2v) is 7.97. The molecule has 0 saturated carbocycles. The van der Waals surface area contributed by atoms with Crippen LogP contribution in [0.15, 0.2) is 79.3 Å². The minimum atomic E-state index is -0.427. The van der Waals surface area contributed by atoms with E-state index in [1.165, 1.54) is 23.2 Å². The first kappa shape index (κ1) is 22.1. The first-order chi connectivity index (χ1) is 17.0. The number of nitrogens with one attached hydrogen (secondary N) is 2. The third-order valence-electron chi connectivity index (χ3n) is 5.60. The van der Waals surface area contributed by atoms with Crippen molar-refractivity contribution in [3.8, 4) is 11.5 Å². The van der Waals surface area contributed by atoms with Crippen LogP contribution in [0.3, 0.4) is 0 Å². The normalized spacial score (nSPS) is 13.4. The van der Waals surface area contributed by atoms with Crippen LogP contribution in [0, 0.1) is 5.82 Å². The summed E-state index contributed by atoms with van der Waals surface area (Å²) < 4.78 is 16.7. The van der Waals surface area contributed by atoms with E-state index in [2.05, 4.69) is 15.7 Å². The van der Waals surface area contributed by atoms with E-state index in [0.717, 1.165) is 0 Å². The molecule has 176 valence electrons. The van der Waals surface area contributed by atoms with Crippen molar-refractivity contribution in [1.82, 2.24) is 24.6 Å². The van der Waals surface area contributed by atoms with Gasteiger partial charge in [-0.1, -0.05) is 6.07 Å². The molecule has 0 spiro atoms. The predicted octanol–water partition coefficient (Wildman–Crippen LogP) is 2.63. The Balaban J connectivity index is 1.43. The van der Waals surface area contributed by atoms with Crippen molar-refractivity contribution in [3.63, 3.8) is 0 Å². The number of halogens is 1. The third kappa shape index (κ3) is 4.54. The van der Waals surface area contributed by atoms with E-state index >= 15 is 0 Å². The summed E-state index contributed by atoms with van der Waals surface area (Å²) in [5.74, 6) is -0.812. The Bertz CT molecular complexity index is 1400. The van der Waals surface area contributed by atoms with Crippen molar-refractivity contribution < 1.29 is 18.8 Å². The maximum absolute atomic E-state index is 13.4. The Kier molecular flexibility index (Phi) is 5.84. The van der Waals surface area contributed by atoms with Gasteiger partial charge in [-0.2, -0.15) is 5.10 Å². The standard InChI is InChI=1S/C25H21FN6O3/c26-18-6-8-20(9-7-18)32-24(30-11-1-2-12-30)21(15-28-32)23(34)29-19-5-3-4-17(14-19)25(35)31-13-10-27-22(33)16-31/h1-9,11-12,14-15H,10,13,16H2,(H,27,33)(H,29,34). The minimum absolute atomic E-state index is 0.00177. The lowest BCUT2D eigenvalue weighted by Crippen LogP contribution is -2.49. The van der Waals surface area contributed by atoms with Crippen LogP contribution in [0.4, 0.5) is 10.1 Å². The summed E-state index contributed by atoms with van der Waals surface area (Å²) in [4.78, 5) is 39.2. The van der Waals surface area contributed by atoms with Gasteiger partial charge in [-0.25, -0.2) is 9.07 Å². The van der Waals surface area contributed by atoms with Crippen LogP contribution >= 0.6 is 0 Å². The monoisotopic (exact) mass is 472 g/mol. The van der Waals surface area contributed by atoms with Crippen molar-refractivity contribution in [1.29, 1.82) is 0 Å². The third-order valence-corrected chi connectivity index (χ3v) is 5.60. The van der Waals surface area contributed by atoms with Crippen LogP contribution < -0.4 is 10.6 Å². The van der Waals surface area contributed by atoms with Gasteiger partial charge in [-0.3, -0.25) is 14.4 Å². The summed E-state index contributed by atoms with van der Waals surface area (Å²) in [6.07, 6.45) is 5.00. The van der Waals surface area contributed by atoms with E-state index in [1.54, 1.807) is 58.0 Å². The second-order valence-electron chi connectivity index (χ2n) is 7.97. The molecule has 4 aromatic rings. The molecule has 35 heavy (non-hydrogen) atoms. The van der Waals surface area contributed by atoms with Gasteiger partial charge in [0.25, 0.3) is 11.8 Å². The molecule has 2 aromatic heterocycles. The largest absolute Gasteiger partial charge is 0.353 e. The highest BCUT2D eigenvalue weighted by molar-refractivity contribution is 6.07. The van der Waals surface area contributed by atoms with E-state index in [-0.39, 0.29) is 29.7 Å². The average molecular weight is 472 g/mol. The van der Waals surface area contributed by atoms with Gasteiger partial charge in [0.1, 0.15) is 11.4 Å². The summed E-state index contributed by atoms with van der Waals surface area (Å²) in [6.45, 7) is 0.823. The maximum Gasteiger partial charge on any atom is 0.261 e. The Labute approximate surface area is 199 Å². The molecule has 2 N–H and O–H groups in total. The summed E-state index contributed by atoms with van der Waals surface area (Å²) in [7, 11) is 0. The Morgan fingerprint density at radius 2 is 1.80 bits per heavy atom. The topological polar surface area (TPSA) is 101 Å². The van der Waals surface area contributed by atoms with Gasteiger partial charge in [0, 0.05) is 36.7 Å². The van der Waals surface area contributed by atoms with Gasteiger partial charge < -0.3 is 20.1 Å². The van der Waals surface area contributed by atoms with Crippen molar-refractivity contribution in [2.24, 2.45) is 0 Å². The fourth-order valence-corrected chi connectivity index (χ4v) is 3.92. The highest BCUT2D eigenvalue weighted by Crippen LogP contribution is 2.22. The molecule has 1 fully saturated rings. The van der Waals surface area contributed by atoms with Gasteiger partial charge in [0.15, 0.2) is 5.82 Å². The van der Waals surface area contributed by atoms with E-state index in [0.29, 0.717) is 35.8 Å². The molecule has 0 bridgehead atoms. The molecule has 1 aliphatic heterocycles. The summed E-state index contributed by atoms with van der Waals surface area (Å²) in [6, 6.07) is 16.0. The number of hydrogen-bond acceptors (Lipinski definition) is 4. The number of nitrogens with zero attached hydrogens (tertiary/aromatic N) is 4. The molecule has 10 heteroatoms. The number of carbonyl (C=O) groups is 3. The van der Waals surface area contributed by atoms with Crippen molar-refractivity contribution in [3.05, 3.63) is 96.2 Å². The zero-order valence-electron chi connectivity index (χ0n) is 18.5. The zero-order chi connectivity index (χ0) is 24.4. The predicted molar refractivity (Wildman–Crippen MR) is 126 cm³/mol.